The third-order valence-electron chi connectivity index (χ3n) is 5.27. The molecular weight excluding hydrogens is 475 g/mol. The summed E-state index contributed by atoms with van der Waals surface area (Å²) in [6.07, 6.45) is 0.949. The summed E-state index contributed by atoms with van der Waals surface area (Å²) in [5, 5.41) is 1.07. The highest BCUT2D eigenvalue weighted by atomic mass is 32.2. The van der Waals surface area contributed by atoms with Crippen molar-refractivity contribution in [2.75, 3.05) is 18.5 Å². The predicted molar refractivity (Wildman–Crippen MR) is 127 cm³/mol. The van der Waals surface area contributed by atoms with E-state index in [2.05, 4.69) is 10.3 Å². The minimum absolute atomic E-state index is 0.0876. The monoisotopic (exact) mass is 496 g/mol. The third-order valence-corrected chi connectivity index (χ3v) is 6.67. The van der Waals surface area contributed by atoms with Gasteiger partial charge in [-0.1, -0.05) is 36.4 Å². The van der Waals surface area contributed by atoms with Crippen molar-refractivity contribution in [2.45, 2.75) is 17.7 Å². The van der Waals surface area contributed by atoms with E-state index in [1.54, 1.807) is 60.7 Å². The number of thioether (sulfide) groups is 1. The fourth-order valence-corrected chi connectivity index (χ4v) is 4.93. The van der Waals surface area contributed by atoms with Gasteiger partial charge < -0.3 is 15.0 Å². The lowest BCUT2D eigenvalue weighted by molar-refractivity contribution is -0.129. The largest absolute Gasteiger partial charge is 0.459 e. The Labute approximate surface area is 203 Å². The lowest BCUT2D eigenvalue weighted by Crippen LogP contribution is -2.37. The highest BCUT2D eigenvalue weighted by molar-refractivity contribution is 8.00. The smallest absolute Gasteiger partial charge is 0.350 e. The molecule has 0 spiro atoms. The molecule has 0 saturated carbocycles. The van der Waals surface area contributed by atoms with Gasteiger partial charge in [0.1, 0.15) is 17.4 Å². The zero-order chi connectivity index (χ0) is 24.9. The van der Waals surface area contributed by atoms with Crippen molar-refractivity contribution in [3.8, 4) is 0 Å². The zero-order valence-electron chi connectivity index (χ0n) is 18.6. The van der Waals surface area contributed by atoms with Gasteiger partial charge in [0.25, 0.3) is 5.91 Å². The summed E-state index contributed by atoms with van der Waals surface area (Å²) in [5.74, 6) is -2.81. The number of benzene rings is 2. The first-order valence-corrected chi connectivity index (χ1v) is 11.6. The average Bonchev–Trinajstić information content (AvgIpc) is 3.30. The Hall–Kier alpha value is -3.99. The molecule has 3 aromatic rings. The van der Waals surface area contributed by atoms with E-state index in [-0.39, 0.29) is 24.6 Å². The summed E-state index contributed by atoms with van der Waals surface area (Å²) < 4.78 is 21.2. The predicted octanol–water partition coefficient (Wildman–Crippen LogP) is 2.91. The van der Waals surface area contributed by atoms with Gasteiger partial charge in [0.2, 0.25) is 5.91 Å². The molecule has 1 N–H and O–H groups in total. The molecule has 0 bridgehead atoms. The summed E-state index contributed by atoms with van der Waals surface area (Å²) in [6.45, 7) is 1.34. The molecule has 2 aromatic carbocycles. The van der Waals surface area contributed by atoms with Gasteiger partial charge in [-0.2, -0.15) is 4.98 Å². The summed E-state index contributed by atoms with van der Waals surface area (Å²) >= 11 is 1.17. The van der Waals surface area contributed by atoms with Gasteiger partial charge in [0, 0.05) is 18.7 Å². The first-order chi connectivity index (χ1) is 16.8. The van der Waals surface area contributed by atoms with Crippen LogP contribution in [0.4, 0.5) is 10.2 Å². The number of anilines is 1. The lowest BCUT2D eigenvalue weighted by atomic mass is 10.2. The Balaban J connectivity index is 1.47. The highest BCUT2D eigenvalue weighted by Crippen LogP contribution is 2.37. The number of hydrogen-bond acceptors (Lipinski definition) is 7. The molecule has 1 saturated heterocycles. The van der Waals surface area contributed by atoms with E-state index in [0.29, 0.717) is 5.56 Å². The average molecular weight is 497 g/mol. The van der Waals surface area contributed by atoms with E-state index in [0.717, 1.165) is 10.8 Å². The van der Waals surface area contributed by atoms with Crippen LogP contribution >= 0.6 is 11.8 Å². The molecule has 1 aliphatic heterocycles. The van der Waals surface area contributed by atoms with Crippen LogP contribution in [0.15, 0.2) is 71.7 Å². The maximum absolute atomic E-state index is 14.8. The Kier molecular flexibility index (Phi) is 7.25. The van der Waals surface area contributed by atoms with E-state index in [9.17, 15) is 23.6 Å². The summed E-state index contributed by atoms with van der Waals surface area (Å²) in [5.41, 5.74) is -0.135. The highest BCUT2D eigenvalue weighted by Gasteiger charge is 2.37. The van der Waals surface area contributed by atoms with Gasteiger partial charge >= 0.3 is 11.7 Å². The molecule has 11 heteroatoms. The first kappa shape index (κ1) is 24.1. The van der Waals surface area contributed by atoms with Crippen LogP contribution in [0.3, 0.4) is 0 Å². The zero-order valence-corrected chi connectivity index (χ0v) is 19.4. The molecule has 0 unspecified atom stereocenters. The summed E-state index contributed by atoms with van der Waals surface area (Å²) in [7, 11) is 0. The molecular formula is C24H21FN4O5S. The van der Waals surface area contributed by atoms with Crippen LogP contribution in [0.2, 0.25) is 0 Å². The van der Waals surface area contributed by atoms with Crippen molar-refractivity contribution in [1.82, 2.24) is 14.5 Å². The van der Waals surface area contributed by atoms with E-state index in [1.807, 2.05) is 0 Å². The van der Waals surface area contributed by atoms with Crippen LogP contribution < -0.4 is 11.0 Å². The molecule has 2 amide bonds. The van der Waals surface area contributed by atoms with Crippen LogP contribution in [0.5, 0.6) is 0 Å². The Morgan fingerprint density at radius 1 is 1.09 bits per heavy atom. The molecule has 0 radical (unpaired) electrons. The minimum Gasteiger partial charge on any atom is -0.459 e. The fraction of sp³-hybridized carbons (Fsp3) is 0.208. The number of nitrogens with one attached hydrogen (secondary N) is 1. The molecule has 35 heavy (non-hydrogen) atoms. The van der Waals surface area contributed by atoms with Crippen LogP contribution in [0.25, 0.3) is 0 Å². The molecule has 2 heterocycles. The lowest BCUT2D eigenvalue weighted by Gasteiger charge is -2.21. The van der Waals surface area contributed by atoms with Gasteiger partial charge in [-0.15, -0.1) is 11.8 Å². The van der Waals surface area contributed by atoms with E-state index >= 15 is 0 Å². The minimum atomic E-state index is -0.900. The number of halogens is 1. The second-order valence-electron chi connectivity index (χ2n) is 7.63. The number of amides is 2. The topological polar surface area (TPSA) is 111 Å². The van der Waals surface area contributed by atoms with Crippen molar-refractivity contribution in [3.63, 3.8) is 0 Å². The van der Waals surface area contributed by atoms with Gasteiger partial charge in [0.15, 0.2) is 11.6 Å². The standard InChI is InChI=1S/C24H21FN4O5S/c1-15(30)28-13-19(35-20(28)14-34-23(32)17-10-6-3-7-11-17)29-12-18(25)21(27-24(29)33)26-22(31)16-8-4-2-5-9-16/h2-12,19-20H,13-14H2,1H3,(H,26,27,31,33)/t19-,20+/m0/s1. The number of esters is 1. The van der Waals surface area contributed by atoms with E-state index < -0.39 is 39.9 Å². The molecule has 180 valence electrons. The Morgan fingerprint density at radius 2 is 1.71 bits per heavy atom. The number of nitrogens with zero attached hydrogens (tertiary/aromatic N) is 3. The maximum atomic E-state index is 14.8. The van der Waals surface area contributed by atoms with Crippen molar-refractivity contribution in [2.24, 2.45) is 0 Å². The van der Waals surface area contributed by atoms with Crippen LogP contribution in [-0.4, -0.2) is 50.8 Å². The molecule has 9 nitrogen and oxygen atoms in total. The molecule has 0 aliphatic carbocycles. The van der Waals surface area contributed by atoms with Crippen LogP contribution in [-0.2, 0) is 9.53 Å². The molecule has 1 fully saturated rings. The summed E-state index contributed by atoms with van der Waals surface area (Å²) in [6, 6.07) is 16.5. The van der Waals surface area contributed by atoms with Crippen molar-refractivity contribution < 1.29 is 23.5 Å². The van der Waals surface area contributed by atoms with Gasteiger partial charge in [-0.3, -0.25) is 14.2 Å². The SMILES string of the molecule is CC(=O)N1C[C@@H](n2cc(F)c(NC(=O)c3ccccc3)nc2=O)S[C@@H]1COC(=O)c1ccccc1. The molecule has 4 rings (SSSR count). The fourth-order valence-electron chi connectivity index (χ4n) is 3.51. The second-order valence-corrected chi connectivity index (χ2v) is 8.99. The number of ether oxygens (including phenoxy) is 1. The molecule has 2 atom stereocenters. The number of rotatable bonds is 6. The van der Waals surface area contributed by atoms with Gasteiger partial charge in [0.05, 0.1) is 12.1 Å². The number of aromatic nitrogens is 2. The maximum Gasteiger partial charge on any atom is 0.350 e. The summed E-state index contributed by atoms with van der Waals surface area (Å²) in [4.78, 5) is 54.5. The molecule has 1 aliphatic rings. The number of carbonyl (C=O) groups is 3. The van der Waals surface area contributed by atoms with E-state index in [1.165, 1.54) is 23.6 Å². The third kappa shape index (κ3) is 5.57. The molecule has 1 aromatic heterocycles. The second kappa shape index (κ2) is 10.5. The van der Waals surface area contributed by atoms with Crippen molar-refractivity contribution in [3.05, 3.63) is 94.3 Å². The van der Waals surface area contributed by atoms with Crippen molar-refractivity contribution >= 4 is 35.4 Å². The van der Waals surface area contributed by atoms with Gasteiger partial charge in [-0.25, -0.2) is 14.0 Å². The Bertz CT molecular complexity index is 1300. The Morgan fingerprint density at radius 3 is 2.34 bits per heavy atom. The quantitative estimate of drug-likeness (QED) is 0.523. The van der Waals surface area contributed by atoms with Crippen molar-refractivity contribution in [1.29, 1.82) is 0 Å². The number of hydrogen-bond donors (Lipinski definition) is 1. The van der Waals surface area contributed by atoms with E-state index in [4.69, 9.17) is 4.74 Å². The van der Waals surface area contributed by atoms with Crippen LogP contribution in [0.1, 0.15) is 33.0 Å². The first-order valence-electron chi connectivity index (χ1n) is 10.6. The normalized spacial score (nSPS) is 17.1. The number of carbonyl (C=O) groups excluding carboxylic acids is 3. The van der Waals surface area contributed by atoms with Gasteiger partial charge in [-0.05, 0) is 24.3 Å². The van der Waals surface area contributed by atoms with Crippen LogP contribution in [0, 0.1) is 5.82 Å².